The van der Waals surface area contributed by atoms with Crippen molar-refractivity contribution in [3.63, 3.8) is 0 Å². The van der Waals surface area contributed by atoms with Gasteiger partial charge in [0.05, 0.1) is 10.9 Å². The van der Waals surface area contributed by atoms with E-state index < -0.39 is 10.8 Å². The Kier molecular flexibility index (Phi) is 6.69. The van der Waals surface area contributed by atoms with Crippen LogP contribution in [0.2, 0.25) is 0 Å². The molecule has 26 heavy (non-hydrogen) atoms. The van der Waals surface area contributed by atoms with Crippen LogP contribution in [-0.4, -0.2) is 26.7 Å². The second-order valence-electron chi connectivity index (χ2n) is 6.35. The number of anilines is 1. The summed E-state index contributed by atoms with van der Waals surface area (Å²) in [4.78, 5) is 5.87. The molecule has 1 aromatic carbocycles. The third-order valence-electron chi connectivity index (χ3n) is 3.80. The SMILES string of the molecule is CC(C)NSc1ccc(-c2csc(NC3=CCC(S(C)=O)C=C3)n2)cc1. The van der Waals surface area contributed by atoms with E-state index in [-0.39, 0.29) is 5.25 Å². The third-order valence-corrected chi connectivity index (χ3v) is 6.86. The zero-order chi connectivity index (χ0) is 18.5. The van der Waals surface area contributed by atoms with E-state index in [4.69, 9.17) is 0 Å². The minimum Gasteiger partial charge on any atom is -0.332 e. The van der Waals surface area contributed by atoms with E-state index in [1.807, 2.05) is 12.2 Å². The number of hydrogen-bond donors (Lipinski definition) is 2. The number of rotatable bonds is 7. The second-order valence-corrected chi connectivity index (χ2v) is 9.73. The maximum Gasteiger partial charge on any atom is 0.187 e. The predicted octanol–water partition coefficient (Wildman–Crippen LogP) is 4.82. The fourth-order valence-corrected chi connectivity index (χ4v) is 4.46. The summed E-state index contributed by atoms with van der Waals surface area (Å²) in [6, 6.07) is 8.87. The van der Waals surface area contributed by atoms with E-state index in [1.165, 1.54) is 4.90 Å². The molecule has 138 valence electrons. The average Bonchev–Trinajstić information content (AvgIpc) is 3.09. The largest absolute Gasteiger partial charge is 0.332 e. The van der Waals surface area contributed by atoms with Crippen LogP contribution in [0.5, 0.6) is 0 Å². The number of allylic oxidation sites excluding steroid dienone is 2. The van der Waals surface area contributed by atoms with Crippen molar-refractivity contribution in [1.29, 1.82) is 0 Å². The van der Waals surface area contributed by atoms with Crippen LogP contribution in [0.25, 0.3) is 11.3 Å². The quantitative estimate of drug-likeness (QED) is 0.647. The molecule has 3 rings (SSSR count). The number of thiazole rings is 1. The molecule has 0 fully saturated rings. The van der Waals surface area contributed by atoms with Gasteiger partial charge >= 0.3 is 0 Å². The molecule has 2 N–H and O–H groups in total. The summed E-state index contributed by atoms with van der Waals surface area (Å²) in [5, 5.41) is 6.39. The number of hydrogen-bond acceptors (Lipinski definition) is 6. The number of nitrogens with zero attached hydrogens (tertiary/aromatic N) is 1. The highest BCUT2D eigenvalue weighted by atomic mass is 32.2. The van der Waals surface area contributed by atoms with Gasteiger partial charge in [-0.1, -0.05) is 24.3 Å². The van der Waals surface area contributed by atoms with Gasteiger partial charge in [-0.25, -0.2) is 4.98 Å². The van der Waals surface area contributed by atoms with E-state index in [0.29, 0.717) is 6.04 Å². The summed E-state index contributed by atoms with van der Waals surface area (Å²) < 4.78 is 14.9. The molecule has 7 heteroatoms. The van der Waals surface area contributed by atoms with Gasteiger partial charge in [0.15, 0.2) is 5.13 Å². The van der Waals surface area contributed by atoms with Crippen LogP contribution in [-0.2, 0) is 10.8 Å². The van der Waals surface area contributed by atoms with Gasteiger partial charge < -0.3 is 5.32 Å². The van der Waals surface area contributed by atoms with Crippen molar-refractivity contribution in [3.05, 3.63) is 53.6 Å². The van der Waals surface area contributed by atoms with Gasteiger partial charge in [0.1, 0.15) is 0 Å². The molecule has 2 unspecified atom stereocenters. The molecule has 0 radical (unpaired) electrons. The first-order chi connectivity index (χ1) is 12.5. The molecule has 1 aliphatic rings. The summed E-state index contributed by atoms with van der Waals surface area (Å²) >= 11 is 3.24. The predicted molar refractivity (Wildman–Crippen MR) is 115 cm³/mol. The van der Waals surface area contributed by atoms with Crippen LogP contribution in [0, 0.1) is 0 Å². The highest BCUT2D eigenvalue weighted by Crippen LogP contribution is 2.28. The first-order valence-corrected chi connectivity index (χ1v) is 11.8. The Labute approximate surface area is 165 Å². The fraction of sp³-hybridized carbons (Fsp3) is 0.316. The van der Waals surface area contributed by atoms with Crippen molar-refractivity contribution < 1.29 is 4.21 Å². The number of benzene rings is 1. The van der Waals surface area contributed by atoms with Crippen LogP contribution in [0.4, 0.5) is 5.13 Å². The van der Waals surface area contributed by atoms with Crippen LogP contribution in [0.1, 0.15) is 20.3 Å². The van der Waals surface area contributed by atoms with Gasteiger partial charge in [-0.2, -0.15) is 0 Å². The van der Waals surface area contributed by atoms with Crippen LogP contribution < -0.4 is 10.0 Å². The summed E-state index contributed by atoms with van der Waals surface area (Å²) in [6.45, 7) is 4.26. The lowest BCUT2D eigenvalue weighted by Crippen LogP contribution is -2.14. The lowest BCUT2D eigenvalue weighted by atomic mass is 10.1. The van der Waals surface area contributed by atoms with Crippen molar-refractivity contribution >= 4 is 39.2 Å². The van der Waals surface area contributed by atoms with E-state index >= 15 is 0 Å². The number of aromatic nitrogens is 1. The van der Waals surface area contributed by atoms with Gasteiger partial charge in [-0.05, 0) is 50.4 Å². The number of nitrogens with one attached hydrogen (secondary N) is 2. The highest BCUT2D eigenvalue weighted by Gasteiger charge is 2.13. The van der Waals surface area contributed by atoms with Crippen LogP contribution in [0.3, 0.4) is 0 Å². The van der Waals surface area contributed by atoms with Crippen molar-refractivity contribution in [1.82, 2.24) is 9.71 Å². The van der Waals surface area contributed by atoms with E-state index in [1.54, 1.807) is 29.5 Å². The molecular formula is C19H23N3OS3. The smallest absolute Gasteiger partial charge is 0.187 e. The maximum atomic E-state index is 11.5. The van der Waals surface area contributed by atoms with E-state index in [2.05, 4.69) is 64.6 Å². The van der Waals surface area contributed by atoms with Crippen molar-refractivity contribution in [3.8, 4) is 11.3 Å². The molecule has 1 aromatic heterocycles. The minimum atomic E-state index is -0.819. The van der Waals surface area contributed by atoms with Crippen molar-refractivity contribution in [2.75, 3.05) is 11.6 Å². The zero-order valence-corrected chi connectivity index (χ0v) is 17.5. The van der Waals surface area contributed by atoms with Crippen LogP contribution >= 0.6 is 23.3 Å². The topological polar surface area (TPSA) is 54.0 Å². The summed E-state index contributed by atoms with van der Waals surface area (Å²) in [5.74, 6) is 0. The second kappa shape index (κ2) is 8.99. The molecule has 0 saturated carbocycles. The molecule has 4 nitrogen and oxygen atoms in total. The molecule has 0 bridgehead atoms. The van der Waals surface area contributed by atoms with Gasteiger partial charge in [-0.15, -0.1) is 11.3 Å². The van der Waals surface area contributed by atoms with Crippen molar-refractivity contribution in [2.45, 2.75) is 36.5 Å². The molecule has 2 aromatic rings. The van der Waals surface area contributed by atoms with Gasteiger partial charge in [0, 0.05) is 44.6 Å². The maximum absolute atomic E-state index is 11.5. The first-order valence-electron chi connectivity index (χ1n) is 8.47. The molecule has 2 atom stereocenters. The summed E-state index contributed by atoms with van der Waals surface area (Å²) in [5.41, 5.74) is 3.09. The molecule has 1 aliphatic carbocycles. The van der Waals surface area contributed by atoms with Gasteiger partial charge in [0.2, 0.25) is 0 Å². The monoisotopic (exact) mass is 405 g/mol. The van der Waals surface area contributed by atoms with Crippen LogP contribution in [0.15, 0.2) is 58.5 Å². The normalized spacial score (nSPS) is 18.0. The highest BCUT2D eigenvalue weighted by molar-refractivity contribution is 7.97. The Morgan fingerprint density at radius 1 is 1.31 bits per heavy atom. The Balaban J connectivity index is 1.61. The lowest BCUT2D eigenvalue weighted by molar-refractivity contribution is 0.681. The fourth-order valence-electron chi connectivity index (χ4n) is 2.41. The van der Waals surface area contributed by atoms with Crippen molar-refractivity contribution in [2.24, 2.45) is 0 Å². The lowest BCUT2D eigenvalue weighted by Gasteiger charge is -2.14. The van der Waals surface area contributed by atoms with E-state index in [0.717, 1.165) is 28.5 Å². The minimum absolute atomic E-state index is 0.119. The Morgan fingerprint density at radius 3 is 2.69 bits per heavy atom. The summed E-state index contributed by atoms with van der Waals surface area (Å²) in [7, 11) is -0.819. The molecule has 1 heterocycles. The average molecular weight is 406 g/mol. The summed E-state index contributed by atoms with van der Waals surface area (Å²) in [6.07, 6.45) is 8.63. The molecule has 0 spiro atoms. The first kappa shape index (κ1) is 19.4. The zero-order valence-electron chi connectivity index (χ0n) is 15.1. The Hall–Kier alpha value is -1.41. The van der Waals surface area contributed by atoms with Gasteiger partial charge in [-0.3, -0.25) is 8.93 Å². The Bertz CT molecular complexity index is 825. The van der Waals surface area contributed by atoms with E-state index in [9.17, 15) is 4.21 Å². The molecule has 0 aliphatic heterocycles. The standard InChI is InChI=1S/C19H23N3OS3/c1-13(2)22-25-16-8-4-14(5-9-16)18-12-24-19(21-18)20-15-6-10-17(11-7-15)26(3)23/h4-10,12-13,17,22H,11H2,1-3H3,(H,20,21). The molecule has 0 amide bonds. The Morgan fingerprint density at radius 2 is 2.08 bits per heavy atom. The molecule has 0 saturated heterocycles. The molecular weight excluding hydrogens is 382 g/mol. The van der Waals surface area contributed by atoms with Gasteiger partial charge in [0.25, 0.3) is 0 Å². The third kappa shape index (κ3) is 5.30.